The number of sulfonamides is 1. The number of Topliss-reactive ketones (excluding diaryl/α,β-unsaturated/α-hetero) is 1. The molecule has 0 radical (unpaired) electrons. The normalized spacial score (nSPS) is 11.6. The third-order valence-electron chi connectivity index (χ3n) is 6.37. The first-order valence-corrected chi connectivity index (χ1v) is 14.1. The largest absolute Gasteiger partial charge is 0.497 e. The van der Waals surface area contributed by atoms with Crippen molar-refractivity contribution >= 4 is 27.4 Å². The van der Waals surface area contributed by atoms with E-state index >= 15 is 0 Å². The Morgan fingerprint density at radius 1 is 0.921 bits per heavy atom. The number of amides is 1. The SMILES string of the molecule is COc1cc(C)c(S(=O)(=O)N(C)CC(=O)CCC(=O)N(C)Cc2ccc(NCCN(C)C)c(C)c2)c(C)c1. The van der Waals surface area contributed by atoms with Crippen molar-refractivity contribution in [3.63, 3.8) is 0 Å². The summed E-state index contributed by atoms with van der Waals surface area (Å²) in [5.41, 5.74) is 4.26. The number of methoxy groups -OCH3 is 1. The molecule has 0 aliphatic carbocycles. The summed E-state index contributed by atoms with van der Waals surface area (Å²) in [5.74, 6) is 0.0882. The molecule has 2 rings (SSSR count). The van der Waals surface area contributed by atoms with Gasteiger partial charge in [0.2, 0.25) is 15.9 Å². The molecule has 10 heteroatoms. The minimum atomic E-state index is -3.88. The zero-order chi connectivity index (χ0) is 28.6. The first-order chi connectivity index (χ1) is 17.8. The van der Waals surface area contributed by atoms with Crippen LogP contribution in [0.2, 0.25) is 0 Å². The first-order valence-electron chi connectivity index (χ1n) is 12.6. The molecule has 0 spiro atoms. The van der Waals surface area contributed by atoms with Crippen LogP contribution in [0.1, 0.15) is 35.1 Å². The van der Waals surface area contributed by atoms with Crippen molar-refractivity contribution in [2.75, 3.05) is 60.3 Å². The van der Waals surface area contributed by atoms with Gasteiger partial charge in [-0.1, -0.05) is 12.1 Å². The summed E-state index contributed by atoms with van der Waals surface area (Å²) in [6.45, 7) is 7.32. The summed E-state index contributed by atoms with van der Waals surface area (Å²) in [7, 11) is 4.79. The van der Waals surface area contributed by atoms with Crippen LogP contribution in [0.25, 0.3) is 0 Å². The van der Waals surface area contributed by atoms with Crippen LogP contribution in [0.15, 0.2) is 35.2 Å². The summed E-state index contributed by atoms with van der Waals surface area (Å²) in [5, 5.41) is 3.42. The van der Waals surface area contributed by atoms with Gasteiger partial charge in [0.1, 0.15) is 11.5 Å². The highest BCUT2D eigenvalue weighted by Gasteiger charge is 2.27. The standard InChI is InChI=1S/C28H42N4O5S/c1-20-15-23(9-11-26(20)29-13-14-30(4)5)18-31(6)27(34)12-10-24(33)19-32(7)38(35,36)28-21(2)16-25(37-8)17-22(28)3/h9,11,15-17,29H,10,12-14,18-19H2,1-8H3. The second kappa shape index (κ2) is 13.7. The minimum absolute atomic E-state index is 0.0208. The maximum Gasteiger partial charge on any atom is 0.243 e. The molecule has 0 heterocycles. The fourth-order valence-corrected chi connectivity index (χ4v) is 5.80. The molecule has 0 aliphatic heterocycles. The van der Waals surface area contributed by atoms with E-state index < -0.39 is 10.0 Å². The van der Waals surface area contributed by atoms with Crippen molar-refractivity contribution in [3.8, 4) is 5.75 Å². The zero-order valence-electron chi connectivity index (χ0n) is 23.9. The number of ether oxygens (including phenoxy) is 1. The number of hydrogen-bond donors (Lipinski definition) is 1. The Hall–Kier alpha value is -2.95. The van der Waals surface area contributed by atoms with Gasteiger partial charge in [-0.25, -0.2) is 8.42 Å². The minimum Gasteiger partial charge on any atom is -0.497 e. The van der Waals surface area contributed by atoms with Crippen LogP contribution >= 0.6 is 0 Å². The predicted octanol–water partition coefficient (Wildman–Crippen LogP) is 3.22. The topological polar surface area (TPSA) is 99.3 Å². The Labute approximate surface area is 227 Å². The average Bonchev–Trinajstić information content (AvgIpc) is 2.82. The van der Waals surface area contributed by atoms with Gasteiger partial charge in [0, 0.05) is 52.3 Å². The molecule has 0 unspecified atom stereocenters. The molecule has 2 aromatic rings. The Kier molecular flexibility index (Phi) is 11.3. The number of likely N-dealkylation sites (N-methyl/N-ethyl adjacent to an activating group) is 2. The van der Waals surface area contributed by atoms with E-state index in [9.17, 15) is 18.0 Å². The number of nitrogens with one attached hydrogen (secondary N) is 1. The molecule has 1 amide bonds. The maximum absolute atomic E-state index is 13.1. The third-order valence-corrected chi connectivity index (χ3v) is 8.47. The second-order valence-electron chi connectivity index (χ2n) is 10.0. The summed E-state index contributed by atoms with van der Waals surface area (Å²) in [6, 6.07) is 9.37. The van der Waals surface area contributed by atoms with Gasteiger partial charge in [-0.3, -0.25) is 9.59 Å². The molecule has 0 saturated carbocycles. The summed E-state index contributed by atoms with van der Waals surface area (Å²) in [6.07, 6.45) is -0.00958. The molecular formula is C28H42N4O5S. The summed E-state index contributed by atoms with van der Waals surface area (Å²) < 4.78 is 32.6. The molecule has 38 heavy (non-hydrogen) atoms. The third kappa shape index (κ3) is 8.54. The van der Waals surface area contributed by atoms with Gasteiger partial charge >= 0.3 is 0 Å². The van der Waals surface area contributed by atoms with E-state index in [1.807, 2.05) is 33.2 Å². The van der Waals surface area contributed by atoms with Crippen molar-refractivity contribution in [1.29, 1.82) is 0 Å². The lowest BCUT2D eigenvalue weighted by molar-refractivity contribution is -0.132. The fraction of sp³-hybridized carbons (Fsp3) is 0.500. The quantitative estimate of drug-likeness (QED) is 0.388. The highest BCUT2D eigenvalue weighted by atomic mass is 32.2. The van der Waals surface area contributed by atoms with Crippen LogP contribution in [0.3, 0.4) is 0 Å². The summed E-state index contributed by atoms with van der Waals surface area (Å²) in [4.78, 5) is 29.1. The van der Waals surface area contributed by atoms with Crippen LogP contribution in [0.4, 0.5) is 5.69 Å². The Balaban J connectivity index is 1.91. The smallest absolute Gasteiger partial charge is 0.243 e. The number of ketones is 1. The maximum atomic E-state index is 13.1. The van der Waals surface area contributed by atoms with E-state index in [0.29, 0.717) is 23.4 Å². The highest BCUT2D eigenvalue weighted by molar-refractivity contribution is 7.89. The summed E-state index contributed by atoms with van der Waals surface area (Å²) >= 11 is 0. The van der Waals surface area contributed by atoms with Crippen molar-refractivity contribution < 1.29 is 22.7 Å². The molecule has 9 nitrogen and oxygen atoms in total. The van der Waals surface area contributed by atoms with Crippen molar-refractivity contribution in [2.24, 2.45) is 0 Å². The predicted molar refractivity (Wildman–Crippen MR) is 151 cm³/mol. The lowest BCUT2D eigenvalue weighted by Crippen LogP contribution is -2.34. The average molecular weight is 547 g/mol. The number of carbonyl (C=O) groups is 2. The van der Waals surface area contributed by atoms with E-state index in [0.717, 1.165) is 34.2 Å². The van der Waals surface area contributed by atoms with Gasteiger partial charge in [-0.05, 0) is 75.3 Å². The van der Waals surface area contributed by atoms with Crippen LogP contribution in [0.5, 0.6) is 5.75 Å². The van der Waals surface area contributed by atoms with Crippen molar-refractivity contribution in [2.45, 2.75) is 45.1 Å². The van der Waals surface area contributed by atoms with E-state index in [2.05, 4.69) is 16.3 Å². The van der Waals surface area contributed by atoms with Crippen LogP contribution in [0, 0.1) is 20.8 Å². The first kappa shape index (κ1) is 31.3. The van der Waals surface area contributed by atoms with Crippen molar-refractivity contribution in [1.82, 2.24) is 14.1 Å². The van der Waals surface area contributed by atoms with E-state index in [1.54, 1.807) is 37.9 Å². The molecule has 0 aliphatic rings. The molecular weight excluding hydrogens is 504 g/mol. The van der Waals surface area contributed by atoms with Crippen LogP contribution < -0.4 is 10.1 Å². The van der Waals surface area contributed by atoms with Crippen molar-refractivity contribution in [3.05, 3.63) is 52.6 Å². The van der Waals surface area contributed by atoms with Gasteiger partial charge in [0.25, 0.3) is 0 Å². The molecule has 0 atom stereocenters. The number of benzene rings is 2. The Morgan fingerprint density at radius 3 is 2.11 bits per heavy atom. The number of rotatable bonds is 14. The van der Waals surface area contributed by atoms with E-state index in [4.69, 9.17) is 4.74 Å². The van der Waals surface area contributed by atoms with Gasteiger partial charge < -0.3 is 19.9 Å². The van der Waals surface area contributed by atoms with Crippen LogP contribution in [-0.4, -0.2) is 89.1 Å². The monoisotopic (exact) mass is 546 g/mol. The van der Waals surface area contributed by atoms with Gasteiger partial charge in [0.15, 0.2) is 0 Å². The second-order valence-corrected chi connectivity index (χ2v) is 12.0. The van der Waals surface area contributed by atoms with Gasteiger partial charge in [-0.15, -0.1) is 0 Å². The zero-order valence-corrected chi connectivity index (χ0v) is 24.7. The van der Waals surface area contributed by atoms with E-state index in [1.165, 1.54) is 14.2 Å². The fourth-order valence-electron chi connectivity index (χ4n) is 4.24. The lowest BCUT2D eigenvalue weighted by atomic mass is 10.1. The molecule has 0 bridgehead atoms. The van der Waals surface area contributed by atoms with Gasteiger partial charge in [-0.2, -0.15) is 4.31 Å². The van der Waals surface area contributed by atoms with E-state index in [-0.39, 0.29) is 36.0 Å². The number of hydrogen-bond acceptors (Lipinski definition) is 7. The molecule has 1 N–H and O–H groups in total. The van der Waals surface area contributed by atoms with Crippen LogP contribution in [-0.2, 0) is 26.2 Å². The number of aryl methyl sites for hydroxylation is 3. The Morgan fingerprint density at radius 2 is 1.55 bits per heavy atom. The highest BCUT2D eigenvalue weighted by Crippen LogP contribution is 2.27. The number of nitrogens with zero attached hydrogens (tertiary/aromatic N) is 3. The Bertz CT molecular complexity index is 1220. The molecule has 210 valence electrons. The van der Waals surface area contributed by atoms with Gasteiger partial charge in [0.05, 0.1) is 18.6 Å². The number of carbonyl (C=O) groups excluding carboxylic acids is 2. The molecule has 0 aromatic heterocycles. The molecule has 0 saturated heterocycles. The number of anilines is 1. The lowest BCUT2D eigenvalue weighted by Gasteiger charge is -2.21. The molecule has 0 fully saturated rings. The molecule has 2 aromatic carbocycles.